The van der Waals surface area contributed by atoms with Crippen LogP contribution in [0.1, 0.15) is 17.2 Å². The first-order valence-corrected chi connectivity index (χ1v) is 10.3. The summed E-state index contributed by atoms with van der Waals surface area (Å²) in [6, 6.07) is 16.9. The van der Waals surface area contributed by atoms with Crippen LogP contribution in [-0.4, -0.2) is 45.8 Å². The van der Waals surface area contributed by atoms with Crippen LogP contribution >= 0.6 is 0 Å². The predicted octanol–water partition coefficient (Wildman–Crippen LogP) is 4.24. The summed E-state index contributed by atoms with van der Waals surface area (Å²) >= 11 is 0. The Hall–Kier alpha value is -3.25. The number of rotatable bonds is 3. The Labute approximate surface area is 176 Å². The van der Waals surface area contributed by atoms with Crippen LogP contribution in [0.2, 0.25) is 0 Å². The van der Waals surface area contributed by atoms with Gasteiger partial charge in [0.15, 0.2) is 5.65 Å². The molecule has 0 N–H and O–H groups in total. The standard InChI is InChI=1S/C24H25N5O/c1-16-14-19(15-17(2)25-16)22-8-9-23-24(27-22)29(18(3)26-23)21-6-4-20(5-7-21)28-10-12-30-13-11-28/h4-9,14-15H,10-13H2,1-3H3. The van der Waals surface area contributed by atoms with E-state index in [2.05, 4.69) is 50.8 Å². The average Bonchev–Trinajstić information content (AvgIpc) is 3.08. The minimum Gasteiger partial charge on any atom is -0.378 e. The summed E-state index contributed by atoms with van der Waals surface area (Å²) in [5.74, 6) is 0.927. The maximum absolute atomic E-state index is 5.46. The van der Waals surface area contributed by atoms with Crippen molar-refractivity contribution < 1.29 is 4.74 Å². The van der Waals surface area contributed by atoms with Crippen LogP contribution in [0.4, 0.5) is 5.69 Å². The highest BCUT2D eigenvalue weighted by molar-refractivity contribution is 5.78. The first-order chi connectivity index (χ1) is 14.6. The van der Waals surface area contributed by atoms with E-state index in [1.54, 1.807) is 0 Å². The number of imidazole rings is 1. The molecule has 4 aromatic rings. The SMILES string of the molecule is Cc1cc(-c2ccc3nc(C)n(-c4ccc(N5CCOCC5)cc4)c3n2)cc(C)n1. The van der Waals surface area contributed by atoms with Gasteiger partial charge in [0.1, 0.15) is 11.3 Å². The molecule has 4 heterocycles. The Balaban J connectivity index is 1.56. The molecular formula is C24H25N5O. The molecule has 0 saturated carbocycles. The molecule has 5 rings (SSSR count). The predicted molar refractivity (Wildman–Crippen MR) is 119 cm³/mol. The van der Waals surface area contributed by atoms with E-state index in [0.29, 0.717) is 0 Å². The molecule has 1 fully saturated rings. The molecule has 0 amide bonds. The van der Waals surface area contributed by atoms with Crippen molar-refractivity contribution in [2.45, 2.75) is 20.8 Å². The summed E-state index contributed by atoms with van der Waals surface area (Å²) < 4.78 is 7.59. The van der Waals surface area contributed by atoms with E-state index in [9.17, 15) is 0 Å². The van der Waals surface area contributed by atoms with Gasteiger partial charge in [0.05, 0.1) is 18.9 Å². The fourth-order valence-electron chi connectivity index (χ4n) is 4.16. The minimum atomic E-state index is 0.785. The second-order valence-corrected chi connectivity index (χ2v) is 7.79. The van der Waals surface area contributed by atoms with Crippen molar-refractivity contribution >= 4 is 16.9 Å². The lowest BCUT2D eigenvalue weighted by Crippen LogP contribution is -2.36. The van der Waals surface area contributed by atoms with E-state index in [4.69, 9.17) is 14.7 Å². The van der Waals surface area contributed by atoms with E-state index < -0.39 is 0 Å². The van der Waals surface area contributed by atoms with Crippen LogP contribution in [-0.2, 0) is 4.74 Å². The van der Waals surface area contributed by atoms with E-state index >= 15 is 0 Å². The van der Waals surface area contributed by atoms with Gasteiger partial charge in [-0.2, -0.15) is 0 Å². The zero-order valence-corrected chi connectivity index (χ0v) is 17.6. The van der Waals surface area contributed by atoms with Crippen LogP contribution in [0, 0.1) is 20.8 Å². The lowest BCUT2D eigenvalue weighted by atomic mass is 10.1. The van der Waals surface area contributed by atoms with Crippen LogP contribution in [0.15, 0.2) is 48.5 Å². The molecular weight excluding hydrogens is 374 g/mol. The molecule has 6 nitrogen and oxygen atoms in total. The Morgan fingerprint density at radius 2 is 1.43 bits per heavy atom. The molecule has 0 spiro atoms. The van der Waals surface area contributed by atoms with Crippen molar-refractivity contribution in [2.75, 3.05) is 31.2 Å². The molecule has 1 saturated heterocycles. The Bertz CT molecular complexity index is 1190. The van der Waals surface area contributed by atoms with Gasteiger partial charge in [-0.05, 0) is 69.3 Å². The van der Waals surface area contributed by atoms with Crippen molar-refractivity contribution in [1.29, 1.82) is 0 Å². The van der Waals surface area contributed by atoms with Gasteiger partial charge in [-0.3, -0.25) is 9.55 Å². The second kappa shape index (κ2) is 7.54. The molecule has 152 valence electrons. The van der Waals surface area contributed by atoms with Crippen LogP contribution < -0.4 is 4.90 Å². The molecule has 3 aromatic heterocycles. The van der Waals surface area contributed by atoms with Crippen molar-refractivity contribution in [3.8, 4) is 16.9 Å². The molecule has 1 aliphatic heterocycles. The number of fused-ring (bicyclic) bond motifs is 1. The van der Waals surface area contributed by atoms with Crippen molar-refractivity contribution in [3.63, 3.8) is 0 Å². The Kier molecular flexibility index (Phi) is 4.71. The molecule has 1 aromatic carbocycles. The lowest BCUT2D eigenvalue weighted by Gasteiger charge is -2.29. The van der Waals surface area contributed by atoms with Gasteiger partial charge in [-0.1, -0.05) is 0 Å². The third kappa shape index (κ3) is 3.44. The van der Waals surface area contributed by atoms with Crippen molar-refractivity contribution in [1.82, 2.24) is 19.5 Å². The molecule has 0 atom stereocenters. The van der Waals surface area contributed by atoms with Gasteiger partial charge in [0, 0.05) is 41.4 Å². The minimum absolute atomic E-state index is 0.785. The largest absolute Gasteiger partial charge is 0.378 e. The average molecular weight is 399 g/mol. The number of aryl methyl sites for hydroxylation is 3. The van der Waals surface area contributed by atoms with E-state index in [1.165, 1.54) is 5.69 Å². The molecule has 0 aliphatic carbocycles. The second-order valence-electron chi connectivity index (χ2n) is 7.79. The van der Waals surface area contributed by atoms with Crippen LogP contribution in [0.25, 0.3) is 28.1 Å². The van der Waals surface area contributed by atoms with Crippen LogP contribution in [0.3, 0.4) is 0 Å². The molecule has 1 aliphatic rings. The third-order valence-electron chi connectivity index (χ3n) is 5.53. The molecule has 0 unspecified atom stereocenters. The van der Waals surface area contributed by atoms with Crippen LogP contribution in [0.5, 0.6) is 0 Å². The highest BCUT2D eigenvalue weighted by Gasteiger charge is 2.15. The zero-order valence-electron chi connectivity index (χ0n) is 17.6. The maximum Gasteiger partial charge on any atom is 0.165 e. The number of nitrogens with zero attached hydrogens (tertiary/aromatic N) is 5. The Morgan fingerprint density at radius 1 is 0.767 bits per heavy atom. The van der Waals surface area contributed by atoms with E-state index in [-0.39, 0.29) is 0 Å². The molecule has 0 radical (unpaired) electrons. The van der Waals surface area contributed by atoms with Crippen molar-refractivity contribution in [2.24, 2.45) is 0 Å². The number of pyridine rings is 2. The van der Waals surface area contributed by atoms with E-state index in [0.717, 1.165) is 71.6 Å². The number of aromatic nitrogens is 4. The number of anilines is 1. The number of hydrogen-bond acceptors (Lipinski definition) is 5. The molecule has 30 heavy (non-hydrogen) atoms. The number of hydrogen-bond donors (Lipinski definition) is 0. The normalized spacial score (nSPS) is 14.4. The lowest BCUT2D eigenvalue weighted by molar-refractivity contribution is 0.122. The van der Waals surface area contributed by atoms with Gasteiger partial charge in [-0.15, -0.1) is 0 Å². The van der Waals surface area contributed by atoms with Gasteiger partial charge in [-0.25, -0.2) is 9.97 Å². The topological polar surface area (TPSA) is 56.1 Å². The fourth-order valence-corrected chi connectivity index (χ4v) is 4.16. The van der Waals surface area contributed by atoms with Gasteiger partial charge < -0.3 is 9.64 Å². The first kappa shape index (κ1) is 18.8. The highest BCUT2D eigenvalue weighted by Crippen LogP contribution is 2.26. The third-order valence-corrected chi connectivity index (χ3v) is 5.53. The number of morpholine rings is 1. The monoisotopic (exact) mass is 399 g/mol. The highest BCUT2D eigenvalue weighted by atomic mass is 16.5. The van der Waals surface area contributed by atoms with Gasteiger partial charge in [0.25, 0.3) is 0 Å². The Morgan fingerprint density at radius 3 is 2.13 bits per heavy atom. The van der Waals surface area contributed by atoms with E-state index in [1.807, 2.05) is 32.9 Å². The van der Waals surface area contributed by atoms with Gasteiger partial charge >= 0.3 is 0 Å². The smallest absolute Gasteiger partial charge is 0.165 e. The number of ether oxygens (including phenoxy) is 1. The molecule has 6 heteroatoms. The summed E-state index contributed by atoms with van der Waals surface area (Å²) in [7, 11) is 0. The summed E-state index contributed by atoms with van der Waals surface area (Å²) in [5, 5.41) is 0. The quantitative estimate of drug-likeness (QED) is 0.516. The molecule has 0 bridgehead atoms. The fraction of sp³-hybridized carbons (Fsp3) is 0.292. The summed E-state index contributed by atoms with van der Waals surface area (Å²) in [6.45, 7) is 9.49. The maximum atomic E-state index is 5.46. The summed E-state index contributed by atoms with van der Waals surface area (Å²) in [4.78, 5) is 16.6. The first-order valence-electron chi connectivity index (χ1n) is 10.3. The van der Waals surface area contributed by atoms with Crippen molar-refractivity contribution in [3.05, 3.63) is 65.7 Å². The summed E-state index contributed by atoms with van der Waals surface area (Å²) in [5.41, 5.74) is 8.06. The van der Waals surface area contributed by atoms with Gasteiger partial charge in [0.2, 0.25) is 0 Å². The summed E-state index contributed by atoms with van der Waals surface area (Å²) in [6.07, 6.45) is 0. The zero-order chi connectivity index (χ0) is 20.7. The number of benzene rings is 1.